The first-order valence-electron chi connectivity index (χ1n) is 6.25. The molecular formula is C13H26N2O. The predicted octanol–water partition coefficient (Wildman–Crippen LogP) is 2.79. The monoisotopic (exact) mass is 226 g/mol. The number of nitrogens with one attached hydrogen (secondary N) is 1. The van der Waals surface area contributed by atoms with Crippen LogP contribution in [0.25, 0.3) is 0 Å². The molecule has 0 saturated heterocycles. The molecule has 3 heteroatoms. The Bertz CT molecular complexity index is 250. The first-order valence-corrected chi connectivity index (χ1v) is 6.25. The standard InChI is InChI=1S/C13H26N2O/c1-9-5-11(7-13(3,4)6-9)16-8-10(2)12(14)15/h9-11H,5-8H2,1-4H3,(H3,14,15). The van der Waals surface area contributed by atoms with Gasteiger partial charge in [0.15, 0.2) is 0 Å². The van der Waals surface area contributed by atoms with E-state index in [1.54, 1.807) is 0 Å². The quantitative estimate of drug-likeness (QED) is 0.572. The van der Waals surface area contributed by atoms with Gasteiger partial charge in [-0.2, -0.15) is 0 Å². The summed E-state index contributed by atoms with van der Waals surface area (Å²) in [4.78, 5) is 0. The van der Waals surface area contributed by atoms with Crippen LogP contribution in [0.1, 0.15) is 47.0 Å². The van der Waals surface area contributed by atoms with Crippen LogP contribution in [0.3, 0.4) is 0 Å². The molecule has 1 saturated carbocycles. The minimum absolute atomic E-state index is 0.0420. The van der Waals surface area contributed by atoms with Crippen LogP contribution < -0.4 is 5.73 Å². The summed E-state index contributed by atoms with van der Waals surface area (Å²) >= 11 is 0. The third kappa shape index (κ3) is 4.12. The van der Waals surface area contributed by atoms with Crippen LogP contribution in [-0.2, 0) is 4.74 Å². The lowest BCUT2D eigenvalue weighted by molar-refractivity contribution is -0.0282. The highest BCUT2D eigenvalue weighted by Crippen LogP contribution is 2.39. The zero-order chi connectivity index (χ0) is 12.3. The summed E-state index contributed by atoms with van der Waals surface area (Å²) in [6.45, 7) is 9.45. The Labute approximate surface area is 99.3 Å². The Balaban J connectivity index is 2.40. The Hall–Kier alpha value is -0.570. The Morgan fingerprint density at radius 3 is 2.62 bits per heavy atom. The minimum Gasteiger partial charge on any atom is -0.387 e. The highest BCUT2D eigenvalue weighted by atomic mass is 16.5. The summed E-state index contributed by atoms with van der Waals surface area (Å²) in [6, 6.07) is 0. The van der Waals surface area contributed by atoms with Crippen molar-refractivity contribution in [3.05, 3.63) is 0 Å². The minimum atomic E-state index is 0.0420. The summed E-state index contributed by atoms with van der Waals surface area (Å²) in [7, 11) is 0. The van der Waals surface area contributed by atoms with Crippen molar-refractivity contribution in [1.29, 1.82) is 5.41 Å². The molecule has 1 aliphatic carbocycles. The van der Waals surface area contributed by atoms with Crippen LogP contribution >= 0.6 is 0 Å². The van der Waals surface area contributed by atoms with Gasteiger partial charge >= 0.3 is 0 Å². The fraction of sp³-hybridized carbons (Fsp3) is 0.923. The lowest BCUT2D eigenvalue weighted by atomic mass is 9.71. The Kier molecular flexibility index (Phi) is 4.36. The Morgan fingerprint density at radius 2 is 2.12 bits per heavy atom. The van der Waals surface area contributed by atoms with Crippen molar-refractivity contribution < 1.29 is 4.74 Å². The van der Waals surface area contributed by atoms with E-state index >= 15 is 0 Å². The van der Waals surface area contributed by atoms with Crippen LogP contribution in [0.15, 0.2) is 0 Å². The van der Waals surface area contributed by atoms with Crippen molar-refractivity contribution in [2.24, 2.45) is 23.0 Å². The average molecular weight is 226 g/mol. The van der Waals surface area contributed by atoms with Crippen LogP contribution in [0.2, 0.25) is 0 Å². The van der Waals surface area contributed by atoms with Gasteiger partial charge in [-0.05, 0) is 30.6 Å². The number of hydrogen-bond acceptors (Lipinski definition) is 2. The molecule has 0 aliphatic heterocycles. The molecule has 1 rings (SSSR count). The molecule has 1 aliphatic rings. The van der Waals surface area contributed by atoms with Crippen molar-refractivity contribution in [3.8, 4) is 0 Å². The molecule has 3 atom stereocenters. The zero-order valence-corrected chi connectivity index (χ0v) is 11.0. The van der Waals surface area contributed by atoms with E-state index in [4.69, 9.17) is 15.9 Å². The summed E-state index contributed by atoms with van der Waals surface area (Å²) in [5.74, 6) is 1.00. The maximum atomic E-state index is 7.33. The van der Waals surface area contributed by atoms with Gasteiger partial charge < -0.3 is 10.5 Å². The number of hydrogen-bond donors (Lipinski definition) is 2. The lowest BCUT2D eigenvalue weighted by Crippen LogP contribution is -2.34. The summed E-state index contributed by atoms with van der Waals surface area (Å²) < 4.78 is 5.89. The number of ether oxygens (including phenoxy) is 1. The molecule has 0 amide bonds. The van der Waals surface area contributed by atoms with Gasteiger partial charge in [-0.15, -0.1) is 0 Å². The van der Waals surface area contributed by atoms with Crippen molar-refractivity contribution in [2.75, 3.05) is 6.61 Å². The highest BCUT2D eigenvalue weighted by Gasteiger charge is 2.32. The fourth-order valence-electron chi connectivity index (χ4n) is 2.76. The highest BCUT2D eigenvalue weighted by molar-refractivity contribution is 5.79. The van der Waals surface area contributed by atoms with Crippen molar-refractivity contribution >= 4 is 5.84 Å². The van der Waals surface area contributed by atoms with Crippen LogP contribution in [0.4, 0.5) is 0 Å². The molecule has 0 aromatic rings. The zero-order valence-electron chi connectivity index (χ0n) is 11.0. The molecule has 0 aromatic carbocycles. The van der Waals surface area contributed by atoms with Crippen molar-refractivity contribution in [3.63, 3.8) is 0 Å². The smallest absolute Gasteiger partial charge is 0.0957 e. The van der Waals surface area contributed by atoms with E-state index in [1.165, 1.54) is 6.42 Å². The van der Waals surface area contributed by atoms with Crippen LogP contribution in [0.5, 0.6) is 0 Å². The maximum Gasteiger partial charge on any atom is 0.0957 e. The molecule has 3 nitrogen and oxygen atoms in total. The van der Waals surface area contributed by atoms with E-state index in [0.29, 0.717) is 18.1 Å². The van der Waals surface area contributed by atoms with E-state index in [0.717, 1.165) is 18.8 Å². The second-order valence-electron chi connectivity index (χ2n) is 6.23. The third-order valence-electron chi connectivity index (χ3n) is 3.46. The van der Waals surface area contributed by atoms with Gasteiger partial charge in [0.2, 0.25) is 0 Å². The van der Waals surface area contributed by atoms with Crippen LogP contribution in [0, 0.1) is 22.7 Å². The fourth-order valence-corrected chi connectivity index (χ4v) is 2.76. The van der Waals surface area contributed by atoms with Gasteiger partial charge in [-0.25, -0.2) is 0 Å². The topological polar surface area (TPSA) is 59.1 Å². The Morgan fingerprint density at radius 1 is 1.50 bits per heavy atom. The van der Waals surface area contributed by atoms with E-state index in [-0.39, 0.29) is 11.8 Å². The van der Waals surface area contributed by atoms with E-state index in [2.05, 4.69) is 20.8 Å². The van der Waals surface area contributed by atoms with Gasteiger partial charge in [-0.1, -0.05) is 27.7 Å². The first kappa shape index (κ1) is 13.5. The number of rotatable bonds is 4. The second kappa shape index (κ2) is 5.17. The van der Waals surface area contributed by atoms with Crippen molar-refractivity contribution in [2.45, 2.75) is 53.1 Å². The van der Waals surface area contributed by atoms with Gasteiger partial charge in [-0.3, -0.25) is 5.41 Å². The van der Waals surface area contributed by atoms with Gasteiger partial charge in [0.25, 0.3) is 0 Å². The molecule has 0 radical (unpaired) electrons. The van der Waals surface area contributed by atoms with Crippen molar-refractivity contribution in [1.82, 2.24) is 0 Å². The molecule has 3 unspecified atom stereocenters. The molecule has 0 heterocycles. The third-order valence-corrected chi connectivity index (χ3v) is 3.46. The molecule has 94 valence electrons. The van der Waals surface area contributed by atoms with E-state index in [9.17, 15) is 0 Å². The first-order chi connectivity index (χ1) is 7.30. The maximum absolute atomic E-state index is 7.33. The molecule has 0 bridgehead atoms. The molecule has 0 spiro atoms. The average Bonchev–Trinajstić information content (AvgIpc) is 2.10. The predicted molar refractivity (Wildman–Crippen MR) is 67.6 cm³/mol. The summed E-state index contributed by atoms with van der Waals surface area (Å²) in [5, 5.41) is 7.33. The van der Waals surface area contributed by atoms with E-state index < -0.39 is 0 Å². The van der Waals surface area contributed by atoms with Gasteiger partial charge in [0.1, 0.15) is 0 Å². The number of amidine groups is 1. The second-order valence-corrected chi connectivity index (χ2v) is 6.23. The summed E-state index contributed by atoms with van der Waals surface area (Å²) in [6.07, 6.45) is 3.91. The number of nitrogens with two attached hydrogens (primary N) is 1. The lowest BCUT2D eigenvalue weighted by Gasteiger charge is -2.39. The molecule has 1 fully saturated rings. The SMILES string of the molecule is CC1CC(OCC(C)C(=N)N)CC(C)(C)C1. The molecule has 16 heavy (non-hydrogen) atoms. The largest absolute Gasteiger partial charge is 0.387 e. The normalized spacial score (nSPS) is 31.0. The molecule has 3 N–H and O–H groups in total. The van der Waals surface area contributed by atoms with Gasteiger partial charge in [0, 0.05) is 5.92 Å². The van der Waals surface area contributed by atoms with E-state index in [1.807, 2.05) is 6.92 Å². The van der Waals surface area contributed by atoms with Gasteiger partial charge in [0.05, 0.1) is 18.5 Å². The summed E-state index contributed by atoms with van der Waals surface area (Å²) in [5.41, 5.74) is 5.83. The molecule has 0 aromatic heterocycles. The molecular weight excluding hydrogens is 200 g/mol. The van der Waals surface area contributed by atoms with Crippen LogP contribution in [-0.4, -0.2) is 18.5 Å².